The van der Waals surface area contributed by atoms with Crippen LogP contribution in [0.3, 0.4) is 0 Å². The van der Waals surface area contributed by atoms with Crippen LogP contribution in [0.1, 0.15) is 30.0 Å². The maximum absolute atomic E-state index is 6.28. The summed E-state index contributed by atoms with van der Waals surface area (Å²) < 4.78 is 8.04. The third-order valence-corrected chi connectivity index (χ3v) is 6.23. The van der Waals surface area contributed by atoms with E-state index in [0.29, 0.717) is 38.9 Å². The molecule has 0 fully saturated rings. The Kier molecular flexibility index (Phi) is 7.52. The largest absolute Gasteiger partial charge is 0.481 e. The third kappa shape index (κ3) is 5.28. The Labute approximate surface area is 189 Å². The summed E-state index contributed by atoms with van der Waals surface area (Å²) in [6.07, 6.45) is 1.45. The van der Waals surface area contributed by atoms with Crippen LogP contribution in [0, 0.1) is 6.92 Å². The van der Waals surface area contributed by atoms with Gasteiger partial charge >= 0.3 is 0 Å². The van der Waals surface area contributed by atoms with Crippen molar-refractivity contribution in [1.82, 2.24) is 14.8 Å². The molecular weight excluding hydrogens is 449 g/mol. The molecule has 0 amide bonds. The molecule has 1 aromatic heterocycles. The first kappa shape index (κ1) is 22.0. The van der Waals surface area contributed by atoms with Crippen LogP contribution >= 0.6 is 46.6 Å². The zero-order valence-electron chi connectivity index (χ0n) is 16.0. The van der Waals surface area contributed by atoms with Crippen LogP contribution in [-0.4, -0.2) is 14.8 Å². The van der Waals surface area contributed by atoms with Gasteiger partial charge in [0.25, 0.3) is 0 Å². The first-order valence-corrected chi connectivity index (χ1v) is 11.0. The molecule has 8 heteroatoms. The van der Waals surface area contributed by atoms with Gasteiger partial charge in [0, 0.05) is 22.3 Å². The lowest BCUT2D eigenvalue weighted by molar-refractivity contribution is 0.210. The molecule has 0 radical (unpaired) electrons. The van der Waals surface area contributed by atoms with E-state index in [-0.39, 0.29) is 6.10 Å². The molecule has 0 bridgehead atoms. The second-order valence-corrected chi connectivity index (χ2v) is 8.59. The number of thioether (sulfide) groups is 1. The molecule has 0 saturated heterocycles. The van der Waals surface area contributed by atoms with Crippen molar-refractivity contribution in [2.75, 3.05) is 0 Å². The fraction of sp³-hybridized carbons (Fsp3) is 0.238. The monoisotopic (exact) mass is 467 g/mol. The van der Waals surface area contributed by atoms with Crippen molar-refractivity contribution >= 4 is 46.6 Å². The van der Waals surface area contributed by atoms with Crippen molar-refractivity contribution in [2.45, 2.75) is 37.4 Å². The van der Waals surface area contributed by atoms with Crippen LogP contribution in [-0.2, 0) is 12.3 Å². The molecule has 4 nitrogen and oxygen atoms in total. The average molecular weight is 469 g/mol. The molecule has 0 aliphatic carbocycles. The van der Waals surface area contributed by atoms with E-state index in [1.807, 2.05) is 54.8 Å². The molecule has 1 unspecified atom stereocenters. The lowest BCUT2D eigenvalue weighted by atomic mass is 10.2. The Hall–Kier alpha value is -1.66. The molecule has 2 aromatic carbocycles. The molecule has 1 atom stereocenters. The molecule has 0 aliphatic heterocycles. The van der Waals surface area contributed by atoms with Gasteiger partial charge in [-0.3, -0.25) is 4.57 Å². The van der Waals surface area contributed by atoms with E-state index in [4.69, 9.17) is 39.5 Å². The first-order chi connectivity index (χ1) is 13.9. The van der Waals surface area contributed by atoms with Crippen molar-refractivity contribution in [2.24, 2.45) is 0 Å². The lowest BCUT2D eigenvalue weighted by Gasteiger charge is -2.17. The van der Waals surface area contributed by atoms with Crippen LogP contribution in [0.5, 0.6) is 5.75 Å². The zero-order valence-corrected chi connectivity index (χ0v) is 19.1. The third-order valence-electron chi connectivity index (χ3n) is 4.22. The molecule has 3 rings (SSSR count). The smallest absolute Gasteiger partial charge is 0.191 e. The van der Waals surface area contributed by atoms with E-state index >= 15 is 0 Å². The minimum atomic E-state index is -0.347. The maximum atomic E-state index is 6.28. The van der Waals surface area contributed by atoms with E-state index < -0.39 is 0 Å². The van der Waals surface area contributed by atoms with Crippen LogP contribution < -0.4 is 4.74 Å². The quantitative estimate of drug-likeness (QED) is 0.259. The van der Waals surface area contributed by atoms with Crippen LogP contribution in [0.25, 0.3) is 0 Å². The molecule has 3 aromatic rings. The van der Waals surface area contributed by atoms with Gasteiger partial charge in [0.2, 0.25) is 0 Å². The summed E-state index contributed by atoms with van der Waals surface area (Å²) in [7, 11) is 0. The topological polar surface area (TPSA) is 39.9 Å². The minimum Gasteiger partial charge on any atom is -0.481 e. The van der Waals surface area contributed by atoms with Gasteiger partial charge in [0.1, 0.15) is 5.75 Å². The number of aromatic nitrogens is 3. The summed E-state index contributed by atoms with van der Waals surface area (Å²) >= 11 is 20.3. The number of hydrogen-bond acceptors (Lipinski definition) is 4. The molecule has 1 heterocycles. The fourth-order valence-corrected chi connectivity index (χ4v) is 4.62. The summed E-state index contributed by atoms with van der Waals surface area (Å²) in [6, 6.07) is 11.1. The highest BCUT2D eigenvalue weighted by Gasteiger charge is 2.20. The summed E-state index contributed by atoms with van der Waals surface area (Å²) in [5.41, 5.74) is 1.93. The highest BCUT2D eigenvalue weighted by atomic mass is 35.5. The summed E-state index contributed by atoms with van der Waals surface area (Å²) in [5.74, 6) is 1.88. The van der Waals surface area contributed by atoms with E-state index in [1.165, 1.54) is 11.8 Å². The van der Waals surface area contributed by atoms with Gasteiger partial charge in [-0.25, -0.2) is 0 Å². The molecule has 0 spiro atoms. The van der Waals surface area contributed by atoms with Crippen molar-refractivity contribution in [1.29, 1.82) is 0 Å². The fourth-order valence-electron chi connectivity index (χ4n) is 2.76. The van der Waals surface area contributed by atoms with Gasteiger partial charge in [0.05, 0.1) is 5.02 Å². The second kappa shape index (κ2) is 9.90. The Balaban J connectivity index is 1.82. The van der Waals surface area contributed by atoms with Crippen molar-refractivity contribution in [3.05, 3.63) is 81.1 Å². The zero-order chi connectivity index (χ0) is 21.0. The lowest BCUT2D eigenvalue weighted by Crippen LogP contribution is -2.12. The van der Waals surface area contributed by atoms with Gasteiger partial charge in [-0.2, -0.15) is 0 Å². The van der Waals surface area contributed by atoms with Gasteiger partial charge in [-0.1, -0.05) is 64.8 Å². The van der Waals surface area contributed by atoms with Crippen LogP contribution in [0.2, 0.25) is 15.1 Å². The highest BCUT2D eigenvalue weighted by Crippen LogP contribution is 2.33. The van der Waals surface area contributed by atoms with E-state index in [9.17, 15) is 0 Å². The SMILES string of the molecule is C=CCn1c(SCc2c(Cl)cccc2Cl)nnc1C(C)Oc1cc(C)ccc1Cl. The maximum Gasteiger partial charge on any atom is 0.191 e. The van der Waals surface area contributed by atoms with Crippen molar-refractivity contribution < 1.29 is 4.74 Å². The normalized spacial score (nSPS) is 12.0. The number of ether oxygens (including phenoxy) is 1. The number of rotatable bonds is 8. The number of nitrogens with zero attached hydrogens (tertiary/aromatic N) is 3. The molecule has 29 heavy (non-hydrogen) atoms. The highest BCUT2D eigenvalue weighted by molar-refractivity contribution is 7.98. The summed E-state index contributed by atoms with van der Waals surface area (Å²) in [4.78, 5) is 0. The number of benzene rings is 2. The number of halogens is 3. The summed E-state index contributed by atoms with van der Waals surface area (Å²) in [6.45, 7) is 8.30. The van der Waals surface area contributed by atoms with E-state index in [2.05, 4.69) is 16.8 Å². The molecular formula is C21H20Cl3N3OS. The van der Waals surface area contributed by atoms with E-state index in [1.54, 1.807) is 6.08 Å². The van der Waals surface area contributed by atoms with Gasteiger partial charge in [0.15, 0.2) is 17.1 Å². The molecule has 0 aliphatic rings. The molecule has 0 saturated carbocycles. The Morgan fingerprint density at radius 2 is 1.86 bits per heavy atom. The van der Waals surface area contributed by atoms with Crippen LogP contribution in [0.15, 0.2) is 54.2 Å². The second-order valence-electron chi connectivity index (χ2n) is 6.42. The summed E-state index contributed by atoms with van der Waals surface area (Å²) in [5, 5.41) is 11.2. The predicted molar refractivity (Wildman–Crippen MR) is 121 cm³/mol. The first-order valence-electron chi connectivity index (χ1n) is 8.93. The van der Waals surface area contributed by atoms with Gasteiger partial charge in [-0.15, -0.1) is 16.8 Å². The van der Waals surface area contributed by atoms with E-state index in [0.717, 1.165) is 16.3 Å². The number of aryl methyl sites for hydroxylation is 1. The predicted octanol–water partition coefficient (Wildman–Crippen LogP) is 7.17. The van der Waals surface area contributed by atoms with Crippen LogP contribution in [0.4, 0.5) is 0 Å². The van der Waals surface area contributed by atoms with Gasteiger partial charge in [-0.05, 0) is 49.2 Å². The van der Waals surface area contributed by atoms with Crippen molar-refractivity contribution in [3.63, 3.8) is 0 Å². The average Bonchev–Trinajstić information content (AvgIpc) is 3.07. The van der Waals surface area contributed by atoms with Crippen molar-refractivity contribution in [3.8, 4) is 5.75 Å². The Morgan fingerprint density at radius 1 is 1.14 bits per heavy atom. The Morgan fingerprint density at radius 3 is 2.55 bits per heavy atom. The standard InChI is InChI=1S/C21H20Cl3N3OS/c1-4-10-27-20(14(3)28-19-11-13(2)8-9-18(19)24)25-26-21(27)29-12-15-16(22)6-5-7-17(15)23/h4-9,11,14H,1,10,12H2,2-3H3. The molecule has 0 N–H and O–H groups in total. The Bertz CT molecular complexity index is 1000. The number of allylic oxidation sites excluding steroid dienone is 1. The van der Waals surface area contributed by atoms with Gasteiger partial charge < -0.3 is 4.74 Å². The molecule has 152 valence electrons. The number of hydrogen-bond donors (Lipinski definition) is 0. The minimum absolute atomic E-state index is 0.347.